The van der Waals surface area contributed by atoms with Crippen molar-refractivity contribution in [3.05, 3.63) is 12.2 Å². The third-order valence-electron chi connectivity index (χ3n) is 4.12. The Hall–Kier alpha value is -0.830. The summed E-state index contributed by atoms with van der Waals surface area (Å²) in [6.45, 7) is 5.95. The van der Waals surface area contributed by atoms with E-state index in [1.54, 1.807) is 0 Å². The Kier molecular flexibility index (Phi) is 11.2. The zero-order chi connectivity index (χ0) is 15.2. The van der Waals surface area contributed by atoms with Crippen LogP contribution in [0, 0.1) is 0 Å². The zero-order valence-electron chi connectivity index (χ0n) is 14.0. The fraction of sp³-hybridized carbons (Fsp3) is 0.833. The maximum absolute atomic E-state index is 5.62. The van der Waals surface area contributed by atoms with Crippen molar-refractivity contribution in [3.63, 3.8) is 0 Å². The Balaban J connectivity index is 1.93. The topological polar surface area (TPSA) is 41.6 Å². The molecule has 2 N–H and O–H groups in total. The molecule has 0 saturated carbocycles. The molecular weight excluding hydrogens is 258 g/mol. The minimum Gasteiger partial charge on any atom is -0.357 e. The summed E-state index contributed by atoms with van der Waals surface area (Å²) in [7, 11) is 0. The van der Waals surface area contributed by atoms with Crippen molar-refractivity contribution in [2.45, 2.75) is 71.1 Å². The molecular formula is C18H35N3. The predicted molar refractivity (Wildman–Crippen MR) is 93.9 cm³/mol. The summed E-state index contributed by atoms with van der Waals surface area (Å²) in [6.07, 6.45) is 18.0. The molecule has 1 aliphatic heterocycles. The Morgan fingerprint density at radius 3 is 2.48 bits per heavy atom. The summed E-state index contributed by atoms with van der Waals surface area (Å²) in [5.41, 5.74) is 5.62. The van der Waals surface area contributed by atoms with E-state index in [4.69, 9.17) is 5.73 Å². The molecule has 0 saturated heterocycles. The molecule has 0 fully saturated rings. The summed E-state index contributed by atoms with van der Waals surface area (Å²) in [5, 5.41) is 0. The van der Waals surface area contributed by atoms with Gasteiger partial charge in [0.05, 0.1) is 6.54 Å². The zero-order valence-corrected chi connectivity index (χ0v) is 14.0. The first kappa shape index (κ1) is 18.2. The molecule has 0 aromatic heterocycles. The van der Waals surface area contributed by atoms with E-state index in [1.165, 1.54) is 63.6 Å². The molecule has 0 amide bonds. The van der Waals surface area contributed by atoms with Gasteiger partial charge in [0.2, 0.25) is 0 Å². The molecule has 1 aliphatic rings. The van der Waals surface area contributed by atoms with Crippen LogP contribution in [0.25, 0.3) is 0 Å². The number of hydrogen-bond donors (Lipinski definition) is 1. The highest BCUT2D eigenvalue weighted by molar-refractivity contribution is 5.85. The summed E-state index contributed by atoms with van der Waals surface area (Å²) < 4.78 is 0. The van der Waals surface area contributed by atoms with Gasteiger partial charge in [-0.15, -0.1) is 0 Å². The predicted octanol–water partition coefficient (Wildman–Crippen LogP) is 4.14. The highest BCUT2D eigenvalue weighted by Gasteiger charge is 2.13. The lowest BCUT2D eigenvalue weighted by molar-refractivity contribution is 0.462. The second-order valence-electron chi connectivity index (χ2n) is 6.01. The highest BCUT2D eigenvalue weighted by Crippen LogP contribution is 2.10. The van der Waals surface area contributed by atoms with E-state index < -0.39 is 0 Å². The number of nitrogens with zero attached hydrogens (tertiary/aromatic N) is 2. The van der Waals surface area contributed by atoms with Crippen LogP contribution < -0.4 is 5.73 Å². The molecule has 0 bridgehead atoms. The number of amidine groups is 1. The van der Waals surface area contributed by atoms with Crippen LogP contribution in [0.1, 0.15) is 71.1 Å². The molecule has 3 nitrogen and oxygen atoms in total. The molecule has 3 heteroatoms. The number of unbranched alkanes of at least 4 members (excludes halogenated alkanes) is 8. The van der Waals surface area contributed by atoms with Gasteiger partial charge in [0.1, 0.15) is 5.84 Å². The van der Waals surface area contributed by atoms with Crippen LogP contribution in [0.5, 0.6) is 0 Å². The first-order valence-corrected chi connectivity index (χ1v) is 9.01. The molecule has 0 aromatic carbocycles. The molecule has 1 heterocycles. The van der Waals surface area contributed by atoms with Gasteiger partial charge < -0.3 is 10.6 Å². The van der Waals surface area contributed by atoms with Crippen LogP contribution in [-0.2, 0) is 0 Å². The molecule has 0 aromatic rings. The molecule has 0 unspecified atom stereocenters. The lowest BCUT2D eigenvalue weighted by Gasteiger charge is -2.18. The fourth-order valence-electron chi connectivity index (χ4n) is 2.82. The average molecular weight is 293 g/mol. The standard InChI is InChI=1S/C18H35N3/c1-2-3-4-5-6-7-8-9-10-11-12-13-18-20-15-17-21(18)16-14-19/h11-12H,2-10,13-17,19H2,1H3/b12-11+. The summed E-state index contributed by atoms with van der Waals surface area (Å²) in [4.78, 5) is 6.87. The first-order chi connectivity index (χ1) is 10.4. The van der Waals surface area contributed by atoms with Gasteiger partial charge in [-0.2, -0.15) is 0 Å². The van der Waals surface area contributed by atoms with Crippen molar-refractivity contribution in [2.24, 2.45) is 10.7 Å². The Morgan fingerprint density at radius 2 is 1.76 bits per heavy atom. The molecule has 0 atom stereocenters. The normalized spacial score (nSPS) is 15.1. The minimum absolute atomic E-state index is 0.723. The maximum Gasteiger partial charge on any atom is 0.103 e. The van der Waals surface area contributed by atoms with Gasteiger partial charge >= 0.3 is 0 Å². The van der Waals surface area contributed by atoms with Gasteiger partial charge in [0.15, 0.2) is 0 Å². The van der Waals surface area contributed by atoms with E-state index in [9.17, 15) is 0 Å². The second-order valence-corrected chi connectivity index (χ2v) is 6.01. The molecule has 0 aliphatic carbocycles. The van der Waals surface area contributed by atoms with Crippen molar-refractivity contribution in [1.82, 2.24) is 4.90 Å². The fourth-order valence-corrected chi connectivity index (χ4v) is 2.82. The average Bonchev–Trinajstić information content (AvgIpc) is 2.92. The van der Waals surface area contributed by atoms with Crippen molar-refractivity contribution < 1.29 is 0 Å². The van der Waals surface area contributed by atoms with Crippen LogP contribution >= 0.6 is 0 Å². The Labute approximate surface area is 131 Å². The van der Waals surface area contributed by atoms with E-state index in [2.05, 4.69) is 29.0 Å². The van der Waals surface area contributed by atoms with Crippen LogP contribution in [-0.4, -0.2) is 36.9 Å². The highest BCUT2D eigenvalue weighted by atomic mass is 15.2. The maximum atomic E-state index is 5.62. The van der Waals surface area contributed by atoms with E-state index in [1.807, 2.05) is 0 Å². The number of nitrogens with two attached hydrogens (primary N) is 1. The molecule has 122 valence electrons. The van der Waals surface area contributed by atoms with E-state index in [-0.39, 0.29) is 0 Å². The summed E-state index contributed by atoms with van der Waals surface area (Å²) in [6, 6.07) is 0. The van der Waals surface area contributed by atoms with Gasteiger partial charge in [-0.05, 0) is 12.8 Å². The van der Waals surface area contributed by atoms with Crippen LogP contribution in [0.4, 0.5) is 0 Å². The van der Waals surface area contributed by atoms with Crippen molar-refractivity contribution >= 4 is 5.84 Å². The molecule has 0 spiro atoms. The SMILES string of the molecule is CCCCCCCCCC/C=C/CC1=NCCN1CCN. The number of aliphatic imine (C=N–C) groups is 1. The van der Waals surface area contributed by atoms with Crippen LogP contribution in [0.3, 0.4) is 0 Å². The minimum atomic E-state index is 0.723. The Bertz CT molecular complexity index is 297. The number of rotatable bonds is 13. The van der Waals surface area contributed by atoms with Crippen molar-refractivity contribution in [3.8, 4) is 0 Å². The number of allylic oxidation sites excluding steroid dienone is 1. The largest absolute Gasteiger partial charge is 0.357 e. The van der Waals surface area contributed by atoms with Crippen LogP contribution in [0.2, 0.25) is 0 Å². The van der Waals surface area contributed by atoms with Crippen molar-refractivity contribution in [2.75, 3.05) is 26.2 Å². The molecule has 0 radical (unpaired) electrons. The lowest BCUT2D eigenvalue weighted by atomic mass is 10.1. The monoisotopic (exact) mass is 293 g/mol. The third kappa shape index (κ3) is 8.92. The van der Waals surface area contributed by atoms with Gasteiger partial charge in [-0.3, -0.25) is 4.99 Å². The number of hydrogen-bond acceptors (Lipinski definition) is 3. The molecule has 1 rings (SSSR count). The quantitative estimate of drug-likeness (QED) is 0.409. The van der Waals surface area contributed by atoms with E-state index in [0.29, 0.717) is 0 Å². The summed E-state index contributed by atoms with van der Waals surface area (Å²) in [5.74, 6) is 1.23. The third-order valence-corrected chi connectivity index (χ3v) is 4.12. The first-order valence-electron chi connectivity index (χ1n) is 9.01. The van der Waals surface area contributed by atoms with Gasteiger partial charge in [-0.25, -0.2) is 0 Å². The second kappa shape index (κ2) is 12.9. The Morgan fingerprint density at radius 1 is 1.05 bits per heavy atom. The van der Waals surface area contributed by atoms with Crippen LogP contribution in [0.15, 0.2) is 17.1 Å². The lowest BCUT2D eigenvalue weighted by Crippen LogP contribution is -2.32. The van der Waals surface area contributed by atoms with Gasteiger partial charge in [0, 0.05) is 26.1 Å². The van der Waals surface area contributed by atoms with E-state index in [0.717, 1.165) is 32.6 Å². The van der Waals surface area contributed by atoms with Crippen molar-refractivity contribution in [1.29, 1.82) is 0 Å². The van der Waals surface area contributed by atoms with Gasteiger partial charge in [-0.1, -0.05) is 64.0 Å². The smallest absolute Gasteiger partial charge is 0.103 e. The summed E-state index contributed by atoms with van der Waals surface area (Å²) >= 11 is 0. The van der Waals surface area contributed by atoms with Gasteiger partial charge in [0.25, 0.3) is 0 Å². The molecule has 21 heavy (non-hydrogen) atoms. The van der Waals surface area contributed by atoms with E-state index >= 15 is 0 Å².